The van der Waals surface area contributed by atoms with E-state index in [-0.39, 0.29) is 5.97 Å². The third-order valence-electron chi connectivity index (χ3n) is 1.60. The quantitative estimate of drug-likeness (QED) is 0.530. The van der Waals surface area contributed by atoms with Gasteiger partial charge in [0.05, 0.1) is 12.8 Å². The molecule has 0 aromatic rings. The summed E-state index contributed by atoms with van der Waals surface area (Å²) in [4.78, 5) is 21.8. The van der Waals surface area contributed by atoms with E-state index < -0.39 is 11.3 Å². The van der Waals surface area contributed by atoms with Crippen molar-refractivity contribution in [1.82, 2.24) is 5.43 Å². The molecule has 1 atom stereocenters. The Morgan fingerprint density at radius 3 is 3.00 bits per heavy atom. The number of thioether (sulfide) groups is 2. The number of hydrogen-bond donors (Lipinski definition) is 2. The number of amides is 2. The van der Waals surface area contributed by atoms with Gasteiger partial charge < -0.3 is 10.5 Å². The highest BCUT2D eigenvalue weighted by molar-refractivity contribution is 8.18. The van der Waals surface area contributed by atoms with E-state index in [1.165, 1.54) is 18.9 Å². The molecule has 1 unspecified atom stereocenters. The fraction of sp³-hybridized carbons (Fsp3) is 0.571. The summed E-state index contributed by atoms with van der Waals surface area (Å²) in [5.74, 6) is 0.234. The molecule has 0 radical (unpaired) electrons. The van der Waals surface area contributed by atoms with Crippen LogP contribution in [0.25, 0.3) is 0 Å². The first-order chi connectivity index (χ1) is 7.15. The summed E-state index contributed by atoms with van der Waals surface area (Å²) in [5.41, 5.74) is 7.56. The summed E-state index contributed by atoms with van der Waals surface area (Å²) in [6, 6.07) is -0.744. The number of ether oxygens (including phenoxy) is 1. The number of hydrazone groups is 1. The smallest absolute Gasteiger partial charge is 0.332 e. The summed E-state index contributed by atoms with van der Waals surface area (Å²) in [6.07, 6.45) is 0. The van der Waals surface area contributed by atoms with Crippen LogP contribution >= 0.6 is 23.5 Å². The summed E-state index contributed by atoms with van der Waals surface area (Å²) >= 11 is 3.04. The standard InChI is InChI=1S/C7H11N3O3S2/c1-13-6(11)5-4(2-14-3-15-5)9-10-7(8)12/h5H,2-3H2,1H3,(H3,8,10,12). The SMILES string of the molecule is COC(=O)C1SCSCC1=NNC(N)=O. The maximum absolute atomic E-state index is 11.3. The van der Waals surface area contributed by atoms with Crippen molar-refractivity contribution in [1.29, 1.82) is 0 Å². The van der Waals surface area contributed by atoms with Gasteiger partial charge in [-0.1, -0.05) is 0 Å². The lowest BCUT2D eigenvalue weighted by atomic mass is 10.3. The van der Waals surface area contributed by atoms with Gasteiger partial charge in [-0.25, -0.2) is 10.2 Å². The Hall–Kier alpha value is -0.890. The van der Waals surface area contributed by atoms with Gasteiger partial charge in [0, 0.05) is 10.8 Å². The van der Waals surface area contributed by atoms with E-state index >= 15 is 0 Å². The first kappa shape index (κ1) is 12.2. The lowest BCUT2D eigenvalue weighted by Crippen LogP contribution is -2.36. The molecular formula is C7H11N3O3S2. The van der Waals surface area contributed by atoms with Gasteiger partial charge in [-0.3, -0.25) is 4.79 Å². The Bertz CT molecular complexity index is 295. The van der Waals surface area contributed by atoms with Crippen LogP contribution in [0.4, 0.5) is 4.79 Å². The van der Waals surface area contributed by atoms with Crippen LogP contribution in [0.15, 0.2) is 5.10 Å². The van der Waals surface area contributed by atoms with Crippen LogP contribution in [0.2, 0.25) is 0 Å². The van der Waals surface area contributed by atoms with Gasteiger partial charge in [0.25, 0.3) is 0 Å². The van der Waals surface area contributed by atoms with Gasteiger partial charge in [0.1, 0.15) is 5.25 Å². The molecule has 1 aliphatic rings. The van der Waals surface area contributed by atoms with Crippen molar-refractivity contribution in [3.63, 3.8) is 0 Å². The zero-order valence-electron chi connectivity index (χ0n) is 8.06. The van der Waals surface area contributed by atoms with Crippen LogP contribution in [-0.4, -0.2) is 40.9 Å². The number of nitrogens with two attached hydrogens (primary N) is 1. The third kappa shape index (κ3) is 3.63. The Morgan fingerprint density at radius 1 is 1.67 bits per heavy atom. The second kappa shape index (κ2) is 5.86. The van der Waals surface area contributed by atoms with Crippen LogP contribution < -0.4 is 11.2 Å². The molecule has 0 aromatic heterocycles. The number of hydrogen-bond acceptors (Lipinski definition) is 6. The van der Waals surface area contributed by atoms with Gasteiger partial charge in [0.15, 0.2) is 0 Å². The zero-order chi connectivity index (χ0) is 11.3. The van der Waals surface area contributed by atoms with E-state index in [0.717, 1.165) is 5.08 Å². The van der Waals surface area contributed by atoms with Crippen LogP contribution in [0.5, 0.6) is 0 Å². The second-order valence-electron chi connectivity index (χ2n) is 2.62. The molecule has 1 aliphatic heterocycles. The van der Waals surface area contributed by atoms with Crippen LogP contribution in [0, 0.1) is 0 Å². The molecule has 15 heavy (non-hydrogen) atoms. The minimum absolute atomic E-state index is 0.356. The largest absolute Gasteiger partial charge is 0.468 e. The maximum atomic E-state index is 11.3. The van der Waals surface area contributed by atoms with E-state index in [4.69, 9.17) is 5.73 Å². The predicted octanol–water partition coefficient (Wildman–Crippen LogP) is -0.0102. The number of urea groups is 1. The number of carbonyl (C=O) groups is 2. The summed E-state index contributed by atoms with van der Waals surface area (Å²) in [6.45, 7) is 0. The molecular weight excluding hydrogens is 238 g/mol. The normalized spacial score (nSPS) is 23.5. The van der Waals surface area contributed by atoms with Gasteiger partial charge >= 0.3 is 12.0 Å². The second-order valence-corrected chi connectivity index (χ2v) is 5.06. The Morgan fingerprint density at radius 2 is 2.40 bits per heavy atom. The van der Waals surface area contributed by atoms with E-state index in [9.17, 15) is 9.59 Å². The average molecular weight is 249 g/mol. The number of nitrogens with one attached hydrogen (secondary N) is 1. The lowest BCUT2D eigenvalue weighted by molar-refractivity contribution is -0.138. The minimum Gasteiger partial charge on any atom is -0.468 e. The number of rotatable bonds is 2. The Balaban J connectivity index is 2.69. The van der Waals surface area contributed by atoms with Crippen LogP contribution in [0.1, 0.15) is 0 Å². The molecule has 84 valence electrons. The molecule has 1 saturated heterocycles. The topological polar surface area (TPSA) is 93.8 Å². The highest BCUT2D eigenvalue weighted by atomic mass is 32.2. The van der Waals surface area contributed by atoms with Crippen LogP contribution in [-0.2, 0) is 9.53 Å². The van der Waals surface area contributed by atoms with Crippen molar-refractivity contribution in [3.8, 4) is 0 Å². The molecule has 8 heteroatoms. The number of esters is 1. The van der Waals surface area contributed by atoms with Gasteiger partial charge in [0.2, 0.25) is 0 Å². The maximum Gasteiger partial charge on any atom is 0.332 e. The van der Waals surface area contributed by atoms with Crippen molar-refractivity contribution in [3.05, 3.63) is 0 Å². The number of methoxy groups -OCH3 is 1. The molecule has 2 amide bonds. The number of primary amides is 1. The van der Waals surface area contributed by atoms with E-state index in [1.807, 2.05) is 0 Å². The highest BCUT2D eigenvalue weighted by Crippen LogP contribution is 2.27. The van der Waals surface area contributed by atoms with Crippen molar-refractivity contribution in [2.45, 2.75) is 5.25 Å². The molecule has 3 N–H and O–H groups in total. The Labute approximate surface area is 95.4 Å². The fourth-order valence-electron chi connectivity index (χ4n) is 0.963. The summed E-state index contributed by atoms with van der Waals surface area (Å²) in [5, 5.41) is 4.14. The lowest BCUT2D eigenvalue weighted by Gasteiger charge is -2.20. The highest BCUT2D eigenvalue weighted by Gasteiger charge is 2.29. The predicted molar refractivity (Wildman–Crippen MR) is 60.9 cm³/mol. The molecule has 0 saturated carbocycles. The Kier molecular flexibility index (Phi) is 4.76. The van der Waals surface area contributed by atoms with E-state index in [2.05, 4.69) is 15.3 Å². The molecule has 6 nitrogen and oxygen atoms in total. The first-order valence-electron chi connectivity index (χ1n) is 4.04. The fourth-order valence-corrected chi connectivity index (χ4v) is 3.33. The zero-order valence-corrected chi connectivity index (χ0v) is 9.69. The molecule has 0 aliphatic carbocycles. The van der Waals surface area contributed by atoms with Gasteiger partial charge in [-0.15, -0.1) is 23.5 Å². The summed E-state index contributed by atoms with van der Waals surface area (Å²) in [7, 11) is 1.32. The molecule has 0 aromatic carbocycles. The van der Waals surface area contributed by atoms with Gasteiger partial charge in [-0.05, 0) is 0 Å². The number of carbonyl (C=O) groups excluding carboxylic acids is 2. The molecule has 0 bridgehead atoms. The molecule has 1 heterocycles. The monoisotopic (exact) mass is 249 g/mol. The average Bonchev–Trinajstić information content (AvgIpc) is 2.25. The van der Waals surface area contributed by atoms with Crippen molar-refractivity contribution in [2.75, 3.05) is 17.9 Å². The van der Waals surface area contributed by atoms with E-state index in [0.29, 0.717) is 11.5 Å². The minimum atomic E-state index is -0.744. The molecule has 1 fully saturated rings. The van der Waals surface area contributed by atoms with Crippen molar-refractivity contribution < 1.29 is 14.3 Å². The van der Waals surface area contributed by atoms with Gasteiger partial charge in [-0.2, -0.15) is 5.10 Å². The van der Waals surface area contributed by atoms with Crippen LogP contribution in [0.3, 0.4) is 0 Å². The van der Waals surface area contributed by atoms with Crippen molar-refractivity contribution >= 4 is 41.2 Å². The first-order valence-corrected chi connectivity index (χ1v) is 6.24. The molecule has 0 spiro atoms. The third-order valence-corrected chi connectivity index (χ3v) is 4.10. The van der Waals surface area contributed by atoms with Crippen molar-refractivity contribution in [2.24, 2.45) is 10.8 Å². The summed E-state index contributed by atoms with van der Waals surface area (Å²) < 4.78 is 4.63. The number of nitrogens with zero attached hydrogens (tertiary/aromatic N) is 1. The van der Waals surface area contributed by atoms with E-state index in [1.54, 1.807) is 11.8 Å². The molecule has 1 rings (SSSR count).